The number of nitrogens with one attached hydrogen (secondary N) is 1. The molecule has 0 fully saturated rings. The Morgan fingerprint density at radius 3 is 2.93 bits per heavy atom. The van der Waals surface area contributed by atoms with E-state index in [0.717, 1.165) is 5.76 Å². The summed E-state index contributed by atoms with van der Waals surface area (Å²) in [6.45, 7) is 2.99. The highest BCUT2D eigenvalue weighted by atomic mass is 16.4. The summed E-state index contributed by atoms with van der Waals surface area (Å²) in [4.78, 5) is 0. The van der Waals surface area contributed by atoms with Crippen LogP contribution < -0.4 is 5.32 Å². The van der Waals surface area contributed by atoms with Crippen molar-refractivity contribution in [2.45, 2.75) is 20.0 Å². The molecule has 0 radical (unpaired) electrons. The lowest BCUT2D eigenvalue weighted by Crippen LogP contribution is -2.12. The van der Waals surface area contributed by atoms with Crippen LogP contribution in [-0.2, 0) is 13.1 Å². The van der Waals surface area contributed by atoms with Gasteiger partial charge in [-0.15, -0.1) is 10.2 Å². The molecule has 1 N–H and O–H groups in total. The van der Waals surface area contributed by atoms with Gasteiger partial charge in [-0.05, 0) is 12.1 Å². The van der Waals surface area contributed by atoms with Gasteiger partial charge in [0, 0.05) is 6.92 Å². The summed E-state index contributed by atoms with van der Waals surface area (Å²) in [5.41, 5.74) is 0. The van der Waals surface area contributed by atoms with E-state index in [4.69, 9.17) is 8.83 Å². The predicted octanol–water partition coefficient (Wildman–Crippen LogP) is 1.26. The Morgan fingerprint density at radius 2 is 2.29 bits per heavy atom. The molecule has 0 spiro atoms. The molecule has 2 aromatic heterocycles. The Morgan fingerprint density at radius 1 is 1.36 bits per heavy atom. The summed E-state index contributed by atoms with van der Waals surface area (Å²) in [7, 11) is 0. The molecule has 0 aliphatic rings. The molecule has 0 unspecified atom stereocenters. The Bertz CT molecular complexity index is 380. The second-order valence-corrected chi connectivity index (χ2v) is 2.90. The molecule has 14 heavy (non-hydrogen) atoms. The summed E-state index contributed by atoms with van der Waals surface area (Å²) in [6.07, 6.45) is 1.65. The molecular weight excluding hydrogens is 182 g/mol. The zero-order chi connectivity index (χ0) is 9.80. The van der Waals surface area contributed by atoms with E-state index in [2.05, 4.69) is 15.5 Å². The first-order valence-corrected chi connectivity index (χ1v) is 4.36. The molecule has 0 bridgehead atoms. The molecule has 0 aromatic carbocycles. The minimum atomic E-state index is 0.557. The van der Waals surface area contributed by atoms with Gasteiger partial charge >= 0.3 is 0 Å². The maximum absolute atomic E-state index is 5.19. The van der Waals surface area contributed by atoms with E-state index in [9.17, 15) is 0 Å². The smallest absolute Gasteiger partial charge is 0.230 e. The van der Waals surface area contributed by atoms with Gasteiger partial charge in [0.15, 0.2) is 0 Å². The second-order valence-electron chi connectivity index (χ2n) is 2.90. The van der Waals surface area contributed by atoms with Gasteiger partial charge in [0.25, 0.3) is 0 Å². The molecule has 2 aromatic rings. The van der Waals surface area contributed by atoms with Gasteiger partial charge in [-0.2, -0.15) is 0 Å². The number of aryl methyl sites for hydroxylation is 1. The van der Waals surface area contributed by atoms with E-state index in [0.29, 0.717) is 24.9 Å². The van der Waals surface area contributed by atoms with Crippen LogP contribution >= 0.6 is 0 Å². The second kappa shape index (κ2) is 4.06. The summed E-state index contributed by atoms with van der Waals surface area (Å²) in [6, 6.07) is 3.76. The van der Waals surface area contributed by atoms with Crippen molar-refractivity contribution in [3.63, 3.8) is 0 Å². The number of hydrogen-bond donors (Lipinski definition) is 1. The van der Waals surface area contributed by atoms with E-state index < -0.39 is 0 Å². The molecular formula is C9H11N3O2. The van der Waals surface area contributed by atoms with Gasteiger partial charge in [-0.1, -0.05) is 0 Å². The molecule has 0 saturated heterocycles. The lowest BCUT2D eigenvalue weighted by molar-refractivity contribution is 0.430. The molecule has 0 atom stereocenters. The Kier molecular flexibility index (Phi) is 2.60. The molecule has 2 heterocycles. The van der Waals surface area contributed by atoms with Gasteiger partial charge < -0.3 is 14.2 Å². The molecule has 0 saturated carbocycles. The van der Waals surface area contributed by atoms with Gasteiger partial charge in [-0.3, -0.25) is 0 Å². The number of furan rings is 1. The predicted molar refractivity (Wildman–Crippen MR) is 48.3 cm³/mol. The number of rotatable bonds is 4. The maximum atomic E-state index is 5.19. The molecule has 5 nitrogen and oxygen atoms in total. The lowest BCUT2D eigenvalue weighted by Gasteiger charge is -1.97. The van der Waals surface area contributed by atoms with E-state index in [1.54, 1.807) is 13.2 Å². The van der Waals surface area contributed by atoms with Crippen LogP contribution in [0.15, 0.2) is 27.2 Å². The maximum Gasteiger partial charge on any atom is 0.230 e. The summed E-state index contributed by atoms with van der Waals surface area (Å²) in [5.74, 6) is 2.06. The van der Waals surface area contributed by atoms with Crippen molar-refractivity contribution in [3.8, 4) is 0 Å². The molecule has 5 heteroatoms. The fraction of sp³-hybridized carbons (Fsp3) is 0.333. The Labute approximate surface area is 81.1 Å². The standard InChI is InChI=1S/C9H11N3O2/c1-7-11-12-9(14-7)6-10-5-8-3-2-4-13-8/h2-4,10H,5-6H2,1H3. The topological polar surface area (TPSA) is 64.1 Å². The normalized spacial score (nSPS) is 10.6. The average molecular weight is 193 g/mol. The molecule has 74 valence electrons. The van der Waals surface area contributed by atoms with Gasteiger partial charge in [0.1, 0.15) is 5.76 Å². The highest BCUT2D eigenvalue weighted by Crippen LogP contribution is 2.00. The van der Waals surface area contributed by atoms with Crippen molar-refractivity contribution in [3.05, 3.63) is 35.9 Å². The van der Waals surface area contributed by atoms with E-state index >= 15 is 0 Å². The van der Waals surface area contributed by atoms with Crippen LogP contribution in [0.3, 0.4) is 0 Å². The van der Waals surface area contributed by atoms with Crippen molar-refractivity contribution >= 4 is 0 Å². The lowest BCUT2D eigenvalue weighted by atomic mass is 10.4. The molecule has 0 aliphatic carbocycles. The van der Waals surface area contributed by atoms with Crippen LogP contribution in [0.4, 0.5) is 0 Å². The number of hydrogen-bond acceptors (Lipinski definition) is 5. The quantitative estimate of drug-likeness (QED) is 0.791. The van der Waals surface area contributed by atoms with Crippen molar-refractivity contribution in [2.75, 3.05) is 0 Å². The summed E-state index contributed by atoms with van der Waals surface area (Å²) >= 11 is 0. The van der Waals surface area contributed by atoms with E-state index in [1.165, 1.54) is 0 Å². The molecule has 0 aliphatic heterocycles. The van der Waals surface area contributed by atoms with Crippen LogP contribution in [0.1, 0.15) is 17.5 Å². The number of nitrogens with zero attached hydrogens (tertiary/aromatic N) is 2. The minimum Gasteiger partial charge on any atom is -0.468 e. The van der Waals surface area contributed by atoms with Crippen LogP contribution in [-0.4, -0.2) is 10.2 Å². The van der Waals surface area contributed by atoms with Crippen molar-refractivity contribution < 1.29 is 8.83 Å². The number of aromatic nitrogens is 2. The van der Waals surface area contributed by atoms with Crippen LogP contribution in [0.2, 0.25) is 0 Å². The summed E-state index contributed by atoms with van der Waals surface area (Å²) in [5, 5.41) is 10.7. The third-order valence-corrected chi connectivity index (χ3v) is 1.72. The highest BCUT2D eigenvalue weighted by Gasteiger charge is 2.01. The SMILES string of the molecule is Cc1nnc(CNCc2ccco2)o1. The monoisotopic (exact) mass is 193 g/mol. The van der Waals surface area contributed by atoms with Crippen molar-refractivity contribution in [2.24, 2.45) is 0 Å². The zero-order valence-corrected chi connectivity index (χ0v) is 7.86. The fourth-order valence-electron chi connectivity index (χ4n) is 1.11. The molecule has 0 amide bonds. The van der Waals surface area contributed by atoms with Crippen LogP contribution in [0.25, 0.3) is 0 Å². The van der Waals surface area contributed by atoms with Crippen LogP contribution in [0.5, 0.6) is 0 Å². The molecule has 2 rings (SSSR count). The van der Waals surface area contributed by atoms with Gasteiger partial charge in [-0.25, -0.2) is 0 Å². The van der Waals surface area contributed by atoms with Gasteiger partial charge in [0.2, 0.25) is 11.8 Å². The third-order valence-electron chi connectivity index (χ3n) is 1.72. The zero-order valence-electron chi connectivity index (χ0n) is 7.86. The van der Waals surface area contributed by atoms with Crippen molar-refractivity contribution in [1.29, 1.82) is 0 Å². The first kappa shape index (κ1) is 8.96. The largest absolute Gasteiger partial charge is 0.468 e. The first-order chi connectivity index (χ1) is 6.84. The third kappa shape index (κ3) is 2.20. The highest BCUT2D eigenvalue weighted by molar-refractivity contribution is 4.97. The Hall–Kier alpha value is -1.62. The fourth-order valence-corrected chi connectivity index (χ4v) is 1.11. The van der Waals surface area contributed by atoms with Crippen molar-refractivity contribution in [1.82, 2.24) is 15.5 Å². The Balaban J connectivity index is 1.78. The van der Waals surface area contributed by atoms with Gasteiger partial charge in [0.05, 0.1) is 19.4 Å². The minimum absolute atomic E-state index is 0.557. The van der Waals surface area contributed by atoms with E-state index in [-0.39, 0.29) is 0 Å². The summed E-state index contributed by atoms with van der Waals surface area (Å²) < 4.78 is 10.3. The van der Waals surface area contributed by atoms with Crippen LogP contribution in [0, 0.1) is 6.92 Å². The average Bonchev–Trinajstić information content (AvgIpc) is 2.77. The first-order valence-electron chi connectivity index (χ1n) is 4.36. The van der Waals surface area contributed by atoms with E-state index in [1.807, 2.05) is 12.1 Å².